The molecule has 0 bridgehead atoms. The van der Waals surface area contributed by atoms with Crippen LogP contribution >= 0.6 is 11.6 Å². The van der Waals surface area contributed by atoms with Crippen LogP contribution in [0.15, 0.2) is 24.3 Å². The molecule has 0 aromatic heterocycles. The van der Waals surface area contributed by atoms with Gasteiger partial charge in [0.2, 0.25) is 5.91 Å². The van der Waals surface area contributed by atoms with Gasteiger partial charge in [-0.1, -0.05) is 23.7 Å². The average molecular weight is 327 g/mol. The predicted molar refractivity (Wildman–Crippen MR) is 81.6 cm³/mol. The Labute approximate surface area is 134 Å². The second kappa shape index (κ2) is 7.58. The summed E-state index contributed by atoms with van der Waals surface area (Å²) in [6.45, 7) is 0.696. The van der Waals surface area contributed by atoms with E-state index in [1.807, 2.05) is 0 Å². The number of likely N-dealkylation sites (N-methyl/N-ethyl adjacent to an activating group) is 1. The van der Waals surface area contributed by atoms with Crippen molar-refractivity contribution in [3.63, 3.8) is 0 Å². The number of morpholine rings is 1. The van der Waals surface area contributed by atoms with E-state index in [0.29, 0.717) is 18.2 Å². The lowest BCUT2D eigenvalue weighted by Gasteiger charge is -2.38. The van der Waals surface area contributed by atoms with E-state index < -0.39 is 12.1 Å². The Morgan fingerprint density at radius 1 is 1.45 bits per heavy atom. The minimum absolute atomic E-state index is 0.108. The fourth-order valence-corrected chi connectivity index (χ4v) is 2.49. The third-order valence-corrected chi connectivity index (χ3v) is 3.81. The number of amides is 2. The molecule has 2 rings (SSSR count). The smallest absolute Gasteiger partial charge is 0.251 e. The molecule has 6 nitrogen and oxygen atoms in total. The first-order valence-electron chi connectivity index (χ1n) is 6.94. The highest BCUT2D eigenvalue weighted by atomic mass is 35.5. The second-order valence-electron chi connectivity index (χ2n) is 5.02. The first kappa shape index (κ1) is 16.7. The van der Waals surface area contributed by atoms with Crippen molar-refractivity contribution in [2.24, 2.45) is 0 Å². The number of methoxy groups -OCH3 is 1. The van der Waals surface area contributed by atoms with Gasteiger partial charge in [0, 0.05) is 25.7 Å². The molecule has 0 radical (unpaired) electrons. The maximum atomic E-state index is 12.3. The van der Waals surface area contributed by atoms with Gasteiger partial charge in [-0.05, 0) is 17.7 Å². The zero-order valence-corrected chi connectivity index (χ0v) is 13.3. The Bertz CT molecular complexity index is 535. The molecular formula is C15H19ClN2O4. The summed E-state index contributed by atoms with van der Waals surface area (Å²) < 4.78 is 10.4. The molecule has 1 heterocycles. The van der Waals surface area contributed by atoms with Crippen molar-refractivity contribution >= 4 is 23.4 Å². The van der Waals surface area contributed by atoms with Gasteiger partial charge in [0.15, 0.2) is 6.10 Å². The topological polar surface area (TPSA) is 67.9 Å². The summed E-state index contributed by atoms with van der Waals surface area (Å²) in [6, 6.07) is 6.55. The van der Waals surface area contributed by atoms with Gasteiger partial charge in [0.1, 0.15) is 6.61 Å². The summed E-state index contributed by atoms with van der Waals surface area (Å²) in [5.74, 6) is -0.433. The Kier molecular flexibility index (Phi) is 5.76. The fourth-order valence-electron chi connectivity index (χ4n) is 2.37. The number of hydrogen-bond acceptors (Lipinski definition) is 4. The van der Waals surface area contributed by atoms with Crippen LogP contribution in [0, 0.1) is 0 Å². The molecule has 1 fully saturated rings. The first-order chi connectivity index (χ1) is 10.5. The normalized spacial score (nSPS) is 21.8. The van der Waals surface area contributed by atoms with Crippen molar-refractivity contribution in [1.29, 1.82) is 0 Å². The highest BCUT2D eigenvalue weighted by Gasteiger charge is 2.39. The molecular weight excluding hydrogens is 308 g/mol. The number of nitrogens with zero attached hydrogens (tertiary/aromatic N) is 1. The lowest BCUT2D eigenvalue weighted by Crippen LogP contribution is -2.53. The second-order valence-corrected chi connectivity index (χ2v) is 5.45. The van der Waals surface area contributed by atoms with E-state index in [-0.39, 0.29) is 18.4 Å². The monoisotopic (exact) mass is 326 g/mol. The van der Waals surface area contributed by atoms with Crippen LogP contribution in [0.25, 0.3) is 0 Å². The Morgan fingerprint density at radius 3 is 2.77 bits per heavy atom. The van der Waals surface area contributed by atoms with E-state index in [4.69, 9.17) is 21.1 Å². The maximum absolute atomic E-state index is 12.3. The molecule has 1 saturated heterocycles. The maximum Gasteiger partial charge on any atom is 0.251 e. The lowest BCUT2D eigenvalue weighted by atomic mass is 9.97. The summed E-state index contributed by atoms with van der Waals surface area (Å²) in [5, 5.41) is 3.34. The number of ether oxygens (including phenoxy) is 2. The van der Waals surface area contributed by atoms with Crippen molar-refractivity contribution in [3.05, 3.63) is 34.9 Å². The molecule has 22 heavy (non-hydrogen) atoms. The van der Waals surface area contributed by atoms with Crippen LogP contribution in [-0.4, -0.2) is 56.7 Å². The van der Waals surface area contributed by atoms with Crippen molar-refractivity contribution in [2.75, 3.05) is 33.9 Å². The first-order valence-corrected chi connectivity index (χ1v) is 7.31. The van der Waals surface area contributed by atoms with Crippen LogP contribution in [0.2, 0.25) is 5.02 Å². The third-order valence-electron chi connectivity index (χ3n) is 3.56. The quantitative estimate of drug-likeness (QED) is 0.820. The largest absolute Gasteiger partial charge is 0.383 e. The van der Waals surface area contributed by atoms with Crippen LogP contribution in [0.3, 0.4) is 0 Å². The van der Waals surface area contributed by atoms with E-state index in [2.05, 4.69) is 5.32 Å². The van der Waals surface area contributed by atoms with E-state index in [0.717, 1.165) is 5.56 Å². The molecule has 0 aliphatic carbocycles. The van der Waals surface area contributed by atoms with E-state index >= 15 is 0 Å². The van der Waals surface area contributed by atoms with E-state index in [9.17, 15) is 9.59 Å². The van der Waals surface area contributed by atoms with Crippen LogP contribution in [0.1, 0.15) is 11.6 Å². The summed E-state index contributed by atoms with van der Waals surface area (Å²) >= 11 is 5.89. The van der Waals surface area contributed by atoms with Gasteiger partial charge in [-0.3, -0.25) is 9.59 Å². The molecule has 1 aliphatic heterocycles. The lowest BCUT2D eigenvalue weighted by molar-refractivity contribution is -0.162. The zero-order valence-electron chi connectivity index (χ0n) is 12.5. The number of halogens is 1. The van der Waals surface area contributed by atoms with Gasteiger partial charge in [0.25, 0.3) is 5.91 Å². The number of benzene rings is 1. The van der Waals surface area contributed by atoms with Crippen LogP contribution in [-0.2, 0) is 19.1 Å². The minimum Gasteiger partial charge on any atom is -0.383 e. The summed E-state index contributed by atoms with van der Waals surface area (Å²) in [7, 11) is 3.23. The van der Waals surface area contributed by atoms with Gasteiger partial charge in [0.05, 0.1) is 12.6 Å². The third kappa shape index (κ3) is 3.76. The van der Waals surface area contributed by atoms with Gasteiger partial charge in [-0.15, -0.1) is 0 Å². The Morgan fingerprint density at radius 2 is 2.14 bits per heavy atom. The predicted octanol–water partition coefficient (Wildman–Crippen LogP) is 1.00. The van der Waals surface area contributed by atoms with Crippen molar-refractivity contribution in [2.45, 2.75) is 12.1 Å². The molecule has 120 valence electrons. The Hall–Kier alpha value is -1.63. The standard InChI is InChI=1S/C15H19ClN2O4/c1-18-12(19)9-22-14(15(20)17-7-8-21-2)13(18)10-3-5-11(16)6-4-10/h3-6,13-14H,7-9H2,1-2H3,(H,17,20). The minimum atomic E-state index is -0.763. The van der Waals surface area contributed by atoms with Gasteiger partial charge in [-0.2, -0.15) is 0 Å². The number of carbonyl (C=O) groups excluding carboxylic acids is 2. The molecule has 2 unspecified atom stereocenters. The molecule has 1 N–H and O–H groups in total. The summed E-state index contributed by atoms with van der Waals surface area (Å²) in [4.78, 5) is 25.8. The fraction of sp³-hybridized carbons (Fsp3) is 0.467. The molecule has 1 aliphatic rings. The Balaban J connectivity index is 2.20. The van der Waals surface area contributed by atoms with Crippen LogP contribution in [0.4, 0.5) is 0 Å². The molecule has 2 atom stereocenters. The highest BCUT2D eigenvalue weighted by molar-refractivity contribution is 6.30. The summed E-state index contributed by atoms with van der Waals surface area (Å²) in [5.41, 5.74) is 0.798. The SMILES string of the molecule is COCCNC(=O)C1OCC(=O)N(C)C1c1ccc(Cl)cc1. The highest BCUT2D eigenvalue weighted by Crippen LogP contribution is 2.29. The van der Waals surface area contributed by atoms with E-state index in [1.54, 1.807) is 38.4 Å². The number of carbonyl (C=O) groups is 2. The molecule has 7 heteroatoms. The number of hydrogen-bond donors (Lipinski definition) is 1. The molecule has 0 saturated carbocycles. The molecule has 2 amide bonds. The zero-order chi connectivity index (χ0) is 16.1. The van der Waals surface area contributed by atoms with E-state index in [1.165, 1.54) is 4.90 Å². The average Bonchev–Trinajstić information content (AvgIpc) is 2.51. The number of rotatable bonds is 5. The molecule has 1 aromatic carbocycles. The van der Waals surface area contributed by atoms with Gasteiger partial charge < -0.3 is 19.7 Å². The van der Waals surface area contributed by atoms with Crippen molar-refractivity contribution in [3.8, 4) is 0 Å². The van der Waals surface area contributed by atoms with Gasteiger partial charge >= 0.3 is 0 Å². The van der Waals surface area contributed by atoms with Crippen LogP contribution in [0.5, 0.6) is 0 Å². The van der Waals surface area contributed by atoms with Crippen molar-refractivity contribution in [1.82, 2.24) is 10.2 Å². The van der Waals surface area contributed by atoms with Crippen molar-refractivity contribution < 1.29 is 19.1 Å². The van der Waals surface area contributed by atoms with Gasteiger partial charge in [-0.25, -0.2) is 0 Å². The van der Waals surface area contributed by atoms with Crippen LogP contribution < -0.4 is 5.32 Å². The molecule has 0 spiro atoms. The summed E-state index contributed by atoms with van der Waals surface area (Å²) in [6.07, 6.45) is -0.763. The number of nitrogens with one attached hydrogen (secondary N) is 1. The molecule has 1 aromatic rings.